The minimum atomic E-state index is -0.339. The Labute approximate surface area is 123 Å². The van der Waals surface area contributed by atoms with Gasteiger partial charge in [0.1, 0.15) is 0 Å². The molecule has 0 bridgehead atoms. The van der Waals surface area contributed by atoms with Gasteiger partial charge in [0.15, 0.2) is 16.3 Å². The molecule has 0 aliphatic heterocycles. The van der Waals surface area contributed by atoms with E-state index in [0.717, 1.165) is 0 Å². The van der Waals surface area contributed by atoms with Crippen LogP contribution in [0.25, 0.3) is 0 Å². The number of nitrogens with zero attached hydrogens (tertiary/aromatic N) is 2. The molecule has 2 rings (SSSR count). The van der Waals surface area contributed by atoms with Crippen LogP contribution >= 0.6 is 15.9 Å². The molecular weight excluding hydrogens is 326 g/mol. The minimum absolute atomic E-state index is 0.0686. The van der Waals surface area contributed by atoms with Gasteiger partial charge in [-0.25, -0.2) is 0 Å². The molecule has 1 amide bonds. The Morgan fingerprint density at radius 1 is 1.35 bits per heavy atom. The molecule has 0 aliphatic carbocycles. The van der Waals surface area contributed by atoms with Gasteiger partial charge in [-0.15, -0.1) is 0 Å². The summed E-state index contributed by atoms with van der Waals surface area (Å²) in [7, 11) is 1.59. The normalized spacial score (nSPS) is 11.4. The zero-order valence-electron chi connectivity index (χ0n) is 10.6. The number of halogens is 1. The Morgan fingerprint density at radius 3 is 2.65 bits per heavy atom. The van der Waals surface area contributed by atoms with Crippen LogP contribution in [0.4, 0.5) is 5.69 Å². The van der Waals surface area contributed by atoms with Crippen molar-refractivity contribution < 1.29 is 14.4 Å². The summed E-state index contributed by atoms with van der Waals surface area (Å²) in [6.07, 6.45) is 0. The largest absolute Gasteiger partial charge is 0.444 e. The number of nitrogens with two attached hydrogens (primary N) is 1. The predicted molar refractivity (Wildman–Crippen MR) is 78.1 cm³/mol. The second kappa shape index (κ2) is 5.79. The molecule has 104 valence electrons. The molecule has 2 aromatic rings. The number of carbonyl (C=O) groups is 1. The smallest absolute Gasteiger partial charge is 0.293 e. The number of hydrogen-bond donors (Lipinski definition) is 2. The lowest BCUT2D eigenvalue weighted by Gasteiger charge is -2.19. The highest BCUT2D eigenvalue weighted by atomic mass is 79.9. The minimum Gasteiger partial charge on any atom is -0.444 e. The van der Waals surface area contributed by atoms with Gasteiger partial charge in [0.05, 0.1) is 5.69 Å². The van der Waals surface area contributed by atoms with Crippen LogP contribution in [0.3, 0.4) is 0 Å². The molecule has 0 saturated heterocycles. The quantitative estimate of drug-likeness (QED) is 0.389. The van der Waals surface area contributed by atoms with Crippen molar-refractivity contribution in [2.45, 2.75) is 0 Å². The van der Waals surface area contributed by atoms with E-state index in [0.29, 0.717) is 15.9 Å². The van der Waals surface area contributed by atoms with Crippen molar-refractivity contribution in [1.29, 1.82) is 0 Å². The maximum Gasteiger partial charge on any atom is 0.293 e. The van der Waals surface area contributed by atoms with E-state index in [9.17, 15) is 4.79 Å². The summed E-state index contributed by atoms with van der Waals surface area (Å²) in [5, 5.41) is 11.8. The van der Waals surface area contributed by atoms with Crippen molar-refractivity contribution in [3.63, 3.8) is 0 Å². The Balaban J connectivity index is 2.39. The summed E-state index contributed by atoms with van der Waals surface area (Å²) < 4.78 is 5.70. The highest BCUT2D eigenvalue weighted by Crippen LogP contribution is 2.22. The first-order valence-corrected chi connectivity index (χ1v) is 6.44. The molecular formula is C13H12BrN3O3. The molecule has 0 unspecified atom stereocenters. The van der Waals surface area contributed by atoms with E-state index in [1.54, 1.807) is 43.4 Å². The van der Waals surface area contributed by atoms with Crippen LogP contribution in [0, 0.1) is 0 Å². The number of hydrogen-bond acceptors (Lipinski definition) is 4. The topological polar surface area (TPSA) is 92.1 Å². The third kappa shape index (κ3) is 2.67. The summed E-state index contributed by atoms with van der Waals surface area (Å²) in [6.45, 7) is 0. The molecule has 0 spiro atoms. The number of anilines is 1. The lowest BCUT2D eigenvalue weighted by molar-refractivity contribution is 0.0965. The number of benzene rings is 1. The fraction of sp³-hybridized carbons (Fsp3) is 0.0769. The third-order valence-corrected chi connectivity index (χ3v) is 3.16. The van der Waals surface area contributed by atoms with Gasteiger partial charge in [0.25, 0.3) is 5.91 Å². The number of rotatable bonds is 3. The van der Waals surface area contributed by atoms with Gasteiger partial charge >= 0.3 is 0 Å². The molecule has 7 heteroatoms. The Bertz CT molecular complexity index is 666. The van der Waals surface area contributed by atoms with Gasteiger partial charge in [-0.2, -0.15) is 0 Å². The van der Waals surface area contributed by atoms with Crippen LogP contribution < -0.4 is 10.6 Å². The lowest BCUT2D eigenvalue weighted by atomic mass is 10.1. The summed E-state index contributed by atoms with van der Waals surface area (Å²) in [6, 6.07) is 10.0. The van der Waals surface area contributed by atoms with Crippen molar-refractivity contribution in [1.82, 2.24) is 0 Å². The summed E-state index contributed by atoms with van der Waals surface area (Å²) in [5.74, 6) is -0.219. The van der Waals surface area contributed by atoms with Crippen LogP contribution in [0.15, 0.2) is 50.6 Å². The van der Waals surface area contributed by atoms with E-state index < -0.39 is 0 Å². The predicted octanol–water partition coefficient (Wildman–Crippen LogP) is 2.41. The Morgan fingerprint density at radius 2 is 2.05 bits per heavy atom. The fourth-order valence-electron chi connectivity index (χ4n) is 1.74. The van der Waals surface area contributed by atoms with Gasteiger partial charge in [-0.1, -0.05) is 17.3 Å². The number of amidine groups is 1. The Hall–Kier alpha value is -2.28. The number of para-hydroxylation sites is 1. The molecule has 20 heavy (non-hydrogen) atoms. The highest BCUT2D eigenvalue weighted by Gasteiger charge is 2.20. The molecule has 1 heterocycles. The van der Waals surface area contributed by atoms with Gasteiger partial charge in [-0.05, 0) is 40.2 Å². The summed E-state index contributed by atoms with van der Waals surface area (Å²) in [4.78, 5) is 13.7. The zero-order chi connectivity index (χ0) is 14.7. The summed E-state index contributed by atoms with van der Waals surface area (Å²) in [5.41, 5.74) is 6.58. The third-order valence-electron chi connectivity index (χ3n) is 2.74. The van der Waals surface area contributed by atoms with Crippen LogP contribution in [-0.2, 0) is 0 Å². The maximum absolute atomic E-state index is 12.3. The van der Waals surface area contributed by atoms with E-state index in [1.807, 2.05) is 0 Å². The van der Waals surface area contributed by atoms with Gasteiger partial charge in [0.2, 0.25) is 0 Å². The van der Waals surface area contributed by atoms with Crippen LogP contribution in [0.5, 0.6) is 0 Å². The molecule has 1 aromatic heterocycles. The van der Waals surface area contributed by atoms with E-state index in [4.69, 9.17) is 15.4 Å². The summed E-state index contributed by atoms with van der Waals surface area (Å²) >= 11 is 3.15. The molecule has 0 atom stereocenters. The molecule has 3 N–H and O–H groups in total. The van der Waals surface area contributed by atoms with E-state index in [1.165, 1.54) is 4.90 Å². The number of amides is 1. The van der Waals surface area contributed by atoms with E-state index >= 15 is 0 Å². The highest BCUT2D eigenvalue weighted by molar-refractivity contribution is 9.10. The number of carbonyl (C=O) groups excluding carboxylic acids is 1. The van der Waals surface area contributed by atoms with E-state index in [-0.39, 0.29) is 17.5 Å². The molecule has 0 saturated carbocycles. The monoisotopic (exact) mass is 337 g/mol. The van der Waals surface area contributed by atoms with Gasteiger partial charge in [0, 0.05) is 12.6 Å². The van der Waals surface area contributed by atoms with Crippen LogP contribution in [0.2, 0.25) is 0 Å². The van der Waals surface area contributed by atoms with Crippen molar-refractivity contribution in [2.75, 3.05) is 11.9 Å². The molecule has 1 aromatic carbocycles. The van der Waals surface area contributed by atoms with Crippen molar-refractivity contribution in [3.05, 3.63) is 52.4 Å². The van der Waals surface area contributed by atoms with Gasteiger partial charge < -0.3 is 20.3 Å². The van der Waals surface area contributed by atoms with E-state index in [2.05, 4.69) is 21.1 Å². The van der Waals surface area contributed by atoms with Crippen molar-refractivity contribution in [3.8, 4) is 0 Å². The lowest BCUT2D eigenvalue weighted by Crippen LogP contribution is -2.28. The molecule has 6 nitrogen and oxygen atoms in total. The maximum atomic E-state index is 12.3. The Kier molecular flexibility index (Phi) is 4.09. The average molecular weight is 338 g/mol. The van der Waals surface area contributed by atoms with Crippen molar-refractivity contribution >= 4 is 33.4 Å². The molecule has 0 fully saturated rings. The number of oxime groups is 1. The second-order valence-corrected chi connectivity index (χ2v) is 4.75. The zero-order valence-corrected chi connectivity index (χ0v) is 12.2. The standard InChI is InChI=1S/C13H12BrN3O3/c1-17(13(18)10-6-7-11(14)20-10)9-5-3-2-4-8(9)12(15)16-19/h2-7,19H,1H3,(H2,15,16). The first-order valence-electron chi connectivity index (χ1n) is 5.65. The molecule has 0 radical (unpaired) electrons. The first kappa shape index (κ1) is 14.1. The van der Waals surface area contributed by atoms with Crippen LogP contribution in [0.1, 0.15) is 16.1 Å². The fourth-order valence-corrected chi connectivity index (χ4v) is 2.05. The SMILES string of the molecule is CN(C(=O)c1ccc(Br)o1)c1ccccc1/C(N)=N/O. The van der Waals surface area contributed by atoms with Crippen molar-refractivity contribution in [2.24, 2.45) is 10.9 Å². The average Bonchev–Trinajstić information content (AvgIpc) is 2.91. The second-order valence-electron chi connectivity index (χ2n) is 3.97. The van der Waals surface area contributed by atoms with Crippen LogP contribution in [-0.4, -0.2) is 24.0 Å². The molecule has 0 aliphatic rings. The first-order chi connectivity index (χ1) is 9.54. The number of furan rings is 1. The van der Waals surface area contributed by atoms with Gasteiger partial charge in [-0.3, -0.25) is 4.79 Å².